The summed E-state index contributed by atoms with van der Waals surface area (Å²) < 4.78 is 92.6. The van der Waals surface area contributed by atoms with Crippen molar-refractivity contribution in [1.82, 2.24) is 0 Å². The molecule has 0 aromatic heterocycles. The molecule has 5 aromatic carbocycles. The third-order valence-electron chi connectivity index (χ3n) is 6.53. The maximum atomic E-state index is 14.5. The Bertz CT molecular complexity index is 1630. The summed E-state index contributed by atoms with van der Waals surface area (Å²) in [4.78, 5) is 0. The Balaban J connectivity index is 1.78. The first-order valence-corrected chi connectivity index (χ1v) is 14.3. The zero-order chi connectivity index (χ0) is 26.0. The fourth-order valence-corrected chi connectivity index (χ4v) is 11.1. The van der Waals surface area contributed by atoms with E-state index in [0.717, 1.165) is 22.2 Å². The van der Waals surface area contributed by atoms with Gasteiger partial charge in [-0.25, -0.2) is 0 Å². The van der Waals surface area contributed by atoms with Gasteiger partial charge in [0.05, 0.1) is 0 Å². The van der Waals surface area contributed by atoms with Crippen LogP contribution in [0.3, 0.4) is 0 Å². The molecule has 0 atom stereocenters. The quantitative estimate of drug-likeness (QED) is 0.108. The average Bonchev–Trinajstić information content (AvgIpc) is 3.25. The van der Waals surface area contributed by atoms with Gasteiger partial charge in [0.2, 0.25) is 0 Å². The zero-order valence-electron chi connectivity index (χ0n) is 18.9. The molecule has 0 spiro atoms. The third kappa shape index (κ3) is 3.49. The number of hydrogen-bond acceptors (Lipinski definition) is 1. The van der Waals surface area contributed by atoms with Gasteiger partial charge in [-0.05, 0) is 0 Å². The molecule has 8 heteroatoms. The molecule has 37 heavy (non-hydrogen) atoms. The summed E-state index contributed by atoms with van der Waals surface area (Å²) in [5.41, 5.74) is -3.94. The van der Waals surface area contributed by atoms with Crippen molar-refractivity contribution in [2.24, 2.45) is 0 Å². The molecule has 1 nitrogen and oxygen atoms in total. The van der Waals surface area contributed by atoms with Crippen LogP contribution in [0, 0.1) is 7.14 Å². The van der Waals surface area contributed by atoms with E-state index in [1.165, 1.54) is 18.2 Å². The van der Waals surface area contributed by atoms with Crippen LogP contribution in [0.2, 0.25) is 0 Å². The molecule has 0 saturated carbocycles. The fraction of sp³-hybridized carbons (Fsp3) is 0.103. The van der Waals surface area contributed by atoms with E-state index in [-0.39, 0.29) is 3.57 Å². The predicted octanol–water partition coefficient (Wildman–Crippen LogP) is 9.47. The van der Waals surface area contributed by atoms with Crippen LogP contribution in [0.25, 0.3) is 32.7 Å². The molecular formula is C29H17F6IO. The molecule has 0 bridgehead atoms. The molecule has 5 aromatic rings. The van der Waals surface area contributed by atoms with Crippen molar-refractivity contribution in [3.8, 4) is 11.1 Å². The minimum absolute atomic E-state index is 0.000958. The number of halogens is 7. The van der Waals surface area contributed by atoms with E-state index in [1.807, 2.05) is 54.6 Å². The van der Waals surface area contributed by atoms with Crippen molar-refractivity contribution in [3.63, 3.8) is 0 Å². The number of fused-ring (bicyclic) bond motifs is 4. The Morgan fingerprint density at radius 3 is 1.65 bits per heavy atom. The summed E-state index contributed by atoms with van der Waals surface area (Å²) in [7, 11) is 0. The van der Waals surface area contributed by atoms with Crippen molar-refractivity contribution in [1.29, 1.82) is 0 Å². The monoisotopic (exact) mass is 622 g/mol. The van der Waals surface area contributed by atoms with E-state index in [0.29, 0.717) is 20.1 Å². The molecule has 0 saturated heterocycles. The Labute approximate surface area is 215 Å². The summed E-state index contributed by atoms with van der Waals surface area (Å²) in [6.07, 6.45) is -11.4. The molecule has 188 valence electrons. The molecule has 0 amide bonds. The van der Waals surface area contributed by atoms with Crippen LogP contribution in [0.5, 0.6) is 0 Å². The second-order valence-corrected chi connectivity index (χ2v) is 12.7. The van der Waals surface area contributed by atoms with Crippen molar-refractivity contribution in [2.45, 2.75) is 18.0 Å². The van der Waals surface area contributed by atoms with Gasteiger partial charge in [-0.15, -0.1) is 0 Å². The summed E-state index contributed by atoms with van der Waals surface area (Å²) >= 11 is -3.82. The second-order valence-electron chi connectivity index (χ2n) is 8.63. The van der Waals surface area contributed by atoms with Crippen LogP contribution in [0.4, 0.5) is 26.3 Å². The van der Waals surface area contributed by atoms with Crippen molar-refractivity contribution in [3.05, 3.63) is 116 Å². The summed E-state index contributed by atoms with van der Waals surface area (Å²) in [5.74, 6) is 0. The fourth-order valence-electron chi connectivity index (χ4n) is 4.95. The molecule has 0 aliphatic carbocycles. The SMILES string of the molecule is FC(F)(F)C1(C(F)(F)F)OI(c2c(-c3ccccc3)c3ccccc3c3ccccc23)c2ccccc21. The average molecular weight is 622 g/mol. The molecule has 1 aliphatic heterocycles. The van der Waals surface area contributed by atoms with Crippen LogP contribution >= 0.6 is 20.2 Å². The van der Waals surface area contributed by atoms with E-state index in [1.54, 1.807) is 24.3 Å². The molecular weight excluding hydrogens is 605 g/mol. The van der Waals surface area contributed by atoms with Gasteiger partial charge in [0.1, 0.15) is 0 Å². The number of benzene rings is 5. The van der Waals surface area contributed by atoms with E-state index in [4.69, 9.17) is 3.07 Å². The van der Waals surface area contributed by atoms with E-state index in [9.17, 15) is 26.3 Å². The first kappa shape index (κ1) is 24.2. The topological polar surface area (TPSA) is 9.23 Å². The van der Waals surface area contributed by atoms with E-state index in [2.05, 4.69) is 0 Å². The molecule has 1 heterocycles. The molecule has 0 unspecified atom stereocenters. The summed E-state index contributed by atoms with van der Waals surface area (Å²) in [6, 6.07) is 28.6. The molecule has 1 aliphatic rings. The number of rotatable bonds is 2. The van der Waals surface area contributed by atoms with Crippen molar-refractivity contribution < 1.29 is 29.4 Å². The Kier molecular flexibility index (Phi) is 5.54. The zero-order valence-corrected chi connectivity index (χ0v) is 21.0. The number of hydrogen-bond donors (Lipinski definition) is 0. The maximum absolute atomic E-state index is 14.5. The first-order valence-electron chi connectivity index (χ1n) is 11.3. The standard InChI is InChI=1S/C29H17F6IO/c30-28(31,32)27(29(33,34)35)23-16-8-9-17-24(23)36(37-27)26-22-15-7-5-13-20(22)19-12-4-6-14-21(19)25(26)18-10-2-1-3-11-18/h1-17H. The van der Waals surface area contributed by atoms with Gasteiger partial charge in [0, 0.05) is 0 Å². The van der Waals surface area contributed by atoms with Crippen LogP contribution in [-0.2, 0) is 8.67 Å². The van der Waals surface area contributed by atoms with Gasteiger partial charge in [-0.1, -0.05) is 0 Å². The van der Waals surface area contributed by atoms with Crippen molar-refractivity contribution >= 4 is 41.8 Å². The van der Waals surface area contributed by atoms with E-state index >= 15 is 0 Å². The van der Waals surface area contributed by atoms with Crippen molar-refractivity contribution in [2.75, 3.05) is 0 Å². The molecule has 0 radical (unpaired) electrons. The van der Waals surface area contributed by atoms with Gasteiger partial charge >= 0.3 is 216 Å². The number of alkyl halides is 6. The molecule has 6 rings (SSSR count). The summed E-state index contributed by atoms with van der Waals surface area (Å²) in [6.45, 7) is 0. The first-order chi connectivity index (χ1) is 17.6. The Morgan fingerprint density at radius 2 is 1.03 bits per heavy atom. The summed E-state index contributed by atoms with van der Waals surface area (Å²) in [5, 5.41) is 2.96. The van der Waals surface area contributed by atoms with Gasteiger partial charge < -0.3 is 0 Å². The van der Waals surface area contributed by atoms with Crippen LogP contribution in [-0.4, -0.2) is 12.4 Å². The minimum atomic E-state index is -5.70. The second kappa shape index (κ2) is 8.46. The normalized spacial score (nSPS) is 16.3. The predicted molar refractivity (Wildman–Crippen MR) is 140 cm³/mol. The van der Waals surface area contributed by atoms with Gasteiger partial charge in [-0.2, -0.15) is 0 Å². The van der Waals surface area contributed by atoms with E-state index < -0.39 is 43.8 Å². The third-order valence-corrected chi connectivity index (χ3v) is 11.7. The molecule has 0 N–H and O–H groups in total. The van der Waals surface area contributed by atoms with Gasteiger partial charge in [-0.3, -0.25) is 0 Å². The van der Waals surface area contributed by atoms with Gasteiger partial charge in [0.15, 0.2) is 0 Å². The van der Waals surface area contributed by atoms with Crippen LogP contribution in [0.1, 0.15) is 5.56 Å². The van der Waals surface area contributed by atoms with Crippen LogP contribution < -0.4 is 0 Å². The Morgan fingerprint density at radius 1 is 0.541 bits per heavy atom. The Hall–Kier alpha value is -3.11. The van der Waals surface area contributed by atoms with Crippen LogP contribution in [0.15, 0.2) is 103 Å². The molecule has 0 fully saturated rings. The van der Waals surface area contributed by atoms with Gasteiger partial charge in [0.25, 0.3) is 0 Å².